The number of aliphatic hydroxyl groups is 1. The van der Waals surface area contributed by atoms with Gasteiger partial charge in [0.1, 0.15) is 0 Å². The van der Waals surface area contributed by atoms with Crippen LogP contribution < -0.4 is 0 Å². The van der Waals surface area contributed by atoms with Gasteiger partial charge in [0, 0.05) is 34.2 Å². The largest absolute Gasteiger partial charge is 0.396 e. The third kappa shape index (κ3) is 2.70. The maximum atomic E-state index is 12.1. The van der Waals surface area contributed by atoms with Gasteiger partial charge in [-0.3, -0.25) is 4.79 Å². The van der Waals surface area contributed by atoms with Crippen LogP contribution in [0.1, 0.15) is 10.4 Å². The standard InChI is InChI=1S/C11H10Cl2INO2/c12-7-1-8(10(14)9(13)2-7)11(17)15-3-6(4-15)5-16/h1-2,6,16H,3-5H2. The summed E-state index contributed by atoms with van der Waals surface area (Å²) in [4.78, 5) is 13.8. The van der Waals surface area contributed by atoms with E-state index < -0.39 is 0 Å². The second kappa shape index (κ2) is 5.30. The van der Waals surface area contributed by atoms with Crippen LogP contribution in [0.5, 0.6) is 0 Å². The van der Waals surface area contributed by atoms with E-state index in [9.17, 15) is 4.79 Å². The van der Waals surface area contributed by atoms with E-state index in [1.807, 2.05) is 22.6 Å². The van der Waals surface area contributed by atoms with Gasteiger partial charge in [-0.25, -0.2) is 0 Å². The van der Waals surface area contributed by atoms with E-state index in [-0.39, 0.29) is 18.4 Å². The van der Waals surface area contributed by atoms with Crippen LogP contribution in [0, 0.1) is 9.49 Å². The molecular formula is C11H10Cl2INO2. The molecule has 1 aliphatic heterocycles. The summed E-state index contributed by atoms with van der Waals surface area (Å²) in [6, 6.07) is 3.25. The van der Waals surface area contributed by atoms with Crippen LogP contribution in [-0.4, -0.2) is 35.6 Å². The van der Waals surface area contributed by atoms with Crippen LogP contribution in [0.25, 0.3) is 0 Å². The Morgan fingerprint density at radius 1 is 1.47 bits per heavy atom. The first-order valence-corrected chi connectivity index (χ1v) is 6.91. The summed E-state index contributed by atoms with van der Waals surface area (Å²) in [5.74, 6) is 0.120. The van der Waals surface area contributed by atoms with Gasteiger partial charge in [-0.05, 0) is 34.7 Å². The van der Waals surface area contributed by atoms with Crippen molar-refractivity contribution in [3.63, 3.8) is 0 Å². The van der Waals surface area contributed by atoms with Gasteiger partial charge in [0.2, 0.25) is 0 Å². The summed E-state index contributed by atoms with van der Waals surface area (Å²) in [5, 5.41) is 9.86. The molecule has 1 aromatic rings. The molecule has 1 fully saturated rings. The predicted octanol–water partition coefficient (Wildman–Crippen LogP) is 2.66. The van der Waals surface area contributed by atoms with E-state index >= 15 is 0 Å². The smallest absolute Gasteiger partial charge is 0.255 e. The summed E-state index contributed by atoms with van der Waals surface area (Å²) in [6.45, 7) is 1.31. The molecule has 1 aliphatic rings. The molecule has 0 aliphatic carbocycles. The highest BCUT2D eigenvalue weighted by Crippen LogP contribution is 2.29. The molecule has 1 N–H and O–H groups in total. The minimum atomic E-state index is -0.0801. The lowest BCUT2D eigenvalue weighted by Gasteiger charge is -2.38. The maximum Gasteiger partial charge on any atom is 0.255 e. The fourth-order valence-corrected chi connectivity index (χ4v) is 2.77. The van der Waals surface area contributed by atoms with Gasteiger partial charge in [0.15, 0.2) is 0 Å². The number of nitrogens with zero attached hydrogens (tertiary/aromatic N) is 1. The Morgan fingerprint density at radius 2 is 2.12 bits per heavy atom. The predicted molar refractivity (Wildman–Crippen MR) is 75.7 cm³/mol. The molecule has 6 heteroatoms. The molecule has 0 spiro atoms. The lowest BCUT2D eigenvalue weighted by Crippen LogP contribution is -2.51. The van der Waals surface area contributed by atoms with Crippen molar-refractivity contribution in [2.45, 2.75) is 0 Å². The first-order chi connectivity index (χ1) is 8.02. The molecule has 17 heavy (non-hydrogen) atoms. The molecule has 0 saturated carbocycles. The molecule has 0 bridgehead atoms. The molecule has 1 saturated heterocycles. The van der Waals surface area contributed by atoms with Crippen molar-refractivity contribution in [3.05, 3.63) is 31.3 Å². The molecule has 1 aromatic carbocycles. The van der Waals surface area contributed by atoms with Crippen molar-refractivity contribution in [1.82, 2.24) is 4.90 Å². The third-order valence-electron chi connectivity index (χ3n) is 2.73. The first-order valence-electron chi connectivity index (χ1n) is 5.07. The van der Waals surface area contributed by atoms with E-state index in [1.165, 1.54) is 0 Å². The highest BCUT2D eigenvalue weighted by molar-refractivity contribution is 14.1. The van der Waals surface area contributed by atoms with Gasteiger partial charge >= 0.3 is 0 Å². The third-order valence-corrected chi connectivity index (χ3v) is 4.72. The Bertz CT molecular complexity index is 461. The fourth-order valence-electron chi connectivity index (χ4n) is 1.73. The molecule has 0 unspecified atom stereocenters. The van der Waals surface area contributed by atoms with E-state index in [4.69, 9.17) is 28.3 Å². The van der Waals surface area contributed by atoms with Crippen molar-refractivity contribution in [1.29, 1.82) is 0 Å². The van der Waals surface area contributed by atoms with E-state index in [0.717, 1.165) is 0 Å². The maximum absolute atomic E-state index is 12.1. The number of aliphatic hydroxyl groups excluding tert-OH is 1. The lowest BCUT2D eigenvalue weighted by molar-refractivity contribution is 0.0361. The number of likely N-dealkylation sites (tertiary alicyclic amines) is 1. The van der Waals surface area contributed by atoms with Gasteiger partial charge in [0.25, 0.3) is 5.91 Å². The van der Waals surface area contributed by atoms with Crippen molar-refractivity contribution in [2.24, 2.45) is 5.92 Å². The van der Waals surface area contributed by atoms with Gasteiger partial charge < -0.3 is 10.0 Å². The van der Waals surface area contributed by atoms with Crippen LogP contribution in [0.2, 0.25) is 10.0 Å². The van der Waals surface area contributed by atoms with Gasteiger partial charge in [-0.1, -0.05) is 23.2 Å². The van der Waals surface area contributed by atoms with Crippen LogP contribution in [0.4, 0.5) is 0 Å². The summed E-state index contributed by atoms with van der Waals surface area (Å²) in [6.07, 6.45) is 0. The number of benzene rings is 1. The zero-order chi connectivity index (χ0) is 12.6. The van der Waals surface area contributed by atoms with Crippen LogP contribution >= 0.6 is 45.8 Å². The number of amides is 1. The molecule has 0 aromatic heterocycles. The average molecular weight is 386 g/mol. The van der Waals surface area contributed by atoms with Crippen molar-refractivity contribution in [3.8, 4) is 0 Å². The van der Waals surface area contributed by atoms with Crippen LogP contribution in [0.3, 0.4) is 0 Å². The van der Waals surface area contributed by atoms with Crippen LogP contribution in [0.15, 0.2) is 12.1 Å². The molecule has 0 atom stereocenters. The first kappa shape index (κ1) is 13.4. The number of halogens is 3. The number of hydrogen-bond donors (Lipinski definition) is 1. The van der Waals surface area contributed by atoms with E-state index in [2.05, 4.69) is 0 Å². The summed E-state index contributed by atoms with van der Waals surface area (Å²) < 4.78 is 0.714. The Morgan fingerprint density at radius 3 is 2.71 bits per heavy atom. The number of carbonyl (C=O) groups excluding carboxylic acids is 1. The van der Waals surface area contributed by atoms with Crippen molar-refractivity contribution >= 4 is 51.7 Å². The quantitative estimate of drug-likeness (QED) is 0.628. The van der Waals surface area contributed by atoms with Gasteiger partial charge in [0.05, 0.1) is 10.6 Å². The molecule has 0 radical (unpaired) electrons. The average Bonchev–Trinajstić information content (AvgIpc) is 2.21. The van der Waals surface area contributed by atoms with Gasteiger partial charge in [-0.15, -0.1) is 0 Å². The zero-order valence-corrected chi connectivity index (χ0v) is 12.5. The van der Waals surface area contributed by atoms with E-state index in [1.54, 1.807) is 17.0 Å². The number of carbonyl (C=O) groups is 1. The normalized spacial score (nSPS) is 15.9. The minimum absolute atomic E-state index is 0.0801. The highest BCUT2D eigenvalue weighted by atomic mass is 127. The molecular weight excluding hydrogens is 376 g/mol. The number of hydrogen-bond acceptors (Lipinski definition) is 2. The van der Waals surface area contributed by atoms with Crippen molar-refractivity contribution < 1.29 is 9.90 Å². The van der Waals surface area contributed by atoms with Crippen LogP contribution in [-0.2, 0) is 0 Å². The Balaban J connectivity index is 2.20. The monoisotopic (exact) mass is 385 g/mol. The fraction of sp³-hybridized carbons (Fsp3) is 0.364. The molecule has 92 valence electrons. The minimum Gasteiger partial charge on any atom is -0.396 e. The molecule has 1 amide bonds. The second-order valence-electron chi connectivity index (χ2n) is 4.01. The highest BCUT2D eigenvalue weighted by Gasteiger charge is 2.31. The molecule has 3 nitrogen and oxygen atoms in total. The SMILES string of the molecule is O=C(c1cc(Cl)cc(Cl)c1I)N1CC(CO)C1. The number of rotatable bonds is 2. The topological polar surface area (TPSA) is 40.5 Å². The summed E-state index contributed by atoms with van der Waals surface area (Å²) in [5.41, 5.74) is 0.527. The van der Waals surface area contributed by atoms with E-state index in [0.29, 0.717) is 32.3 Å². The van der Waals surface area contributed by atoms with Gasteiger partial charge in [-0.2, -0.15) is 0 Å². The summed E-state index contributed by atoms with van der Waals surface area (Å²) in [7, 11) is 0. The molecule has 2 rings (SSSR count). The Kier molecular flexibility index (Phi) is 4.18. The second-order valence-corrected chi connectivity index (χ2v) is 5.93. The lowest BCUT2D eigenvalue weighted by atomic mass is 10.00. The Hall–Kier alpha value is -0.0400. The summed E-state index contributed by atoms with van der Waals surface area (Å²) >= 11 is 13.9. The Labute approximate surface area is 123 Å². The van der Waals surface area contributed by atoms with Crippen molar-refractivity contribution in [2.75, 3.05) is 19.7 Å². The molecule has 1 heterocycles. The zero-order valence-electron chi connectivity index (χ0n) is 8.79.